The first kappa shape index (κ1) is 29.1. The Balaban J connectivity index is 0.000000321. The Kier molecular flexibility index (Phi) is 12.9. The number of esters is 2. The van der Waals surface area contributed by atoms with Crippen LogP contribution < -0.4 is 0 Å². The number of fused-ring (bicyclic) bond motifs is 2. The molecule has 2 aliphatic rings. The van der Waals surface area contributed by atoms with E-state index in [1.165, 1.54) is 17.2 Å². The van der Waals surface area contributed by atoms with Crippen molar-refractivity contribution in [3.8, 4) is 0 Å². The fourth-order valence-corrected chi connectivity index (χ4v) is 3.81. The van der Waals surface area contributed by atoms with Crippen LogP contribution >= 0.6 is 0 Å². The number of benzene rings is 2. The van der Waals surface area contributed by atoms with Gasteiger partial charge >= 0.3 is 11.9 Å². The number of ether oxygens (including phenoxy) is 4. The molecular weight excluding hydrogens is 432 g/mol. The third-order valence-corrected chi connectivity index (χ3v) is 5.25. The summed E-state index contributed by atoms with van der Waals surface area (Å²) in [6.45, 7) is 6.78. The van der Waals surface area contributed by atoms with Crippen LogP contribution in [-0.2, 0) is 41.8 Å². The van der Waals surface area contributed by atoms with Crippen LogP contribution in [0.2, 0.25) is 0 Å². The Morgan fingerprint density at radius 2 is 1.53 bits per heavy atom. The van der Waals surface area contributed by atoms with E-state index in [4.69, 9.17) is 18.9 Å². The summed E-state index contributed by atoms with van der Waals surface area (Å²) in [6, 6.07) is 16.1. The summed E-state index contributed by atoms with van der Waals surface area (Å²) >= 11 is 0. The minimum Gasteiger partial charge on any atom is -0.466 e. The zero-order chi connectivity index (χ0) is 22.8. The van der Waals surface area contributed by atoms with Gasteiger partial charge in [0.05, 0.1) is 46.1 Å². The summed E-state index contributed by atoms with van der Waals surface area (Å²) in [6.07, 6.45) is 1.92. The molecule has 0 aromatic heterocycles. The van der Waals surface area contributed by atoms with Gasteiger partial charge in [-0.15, -0.1) is 0 Å². The Bertz CT molecular complexity index is 949. The fraction of sp³-hybridized carbons (Fsp3) is 0.429. The third kappa shape index (κ3) is 8.12. The quantitative estimate of drug-likeness (QED) is 0.413. The van der Waals surface area contributed by atoms with Crippen LogP contribution in [0.4, 0.5) is 0 Å². The van der Waals surface area contributed by atoms with Gasteiger partial charge in [-0.25, -0.2) is 4.79 Å². The van der Waals surface area contributed by atoms with Crippen LogP contribution in [0.1, 0.15) is 63.3 Å². The van der Waals surface area contributed by atoms with Gasteiger partial charge in [0.25, 0.3) is 0 Å². The minimum atomic E-state index is -0.308. The molecule has 0 saturated carbocycles. The van der Waals surface area contributed by atoms with Crippen molar-refractivity contribution < 1.29 is 28.5 Å². The van der Waals surface area contributed by atoms with Gasteiger partial charge in [0.1, 0.15) is 0 Å². The summed E-state index contributed by atoms with van der Waals surface area (Å²) in [7, 11) is 0. The molecule has 6 heteroatoms. The van der Waals surface area contributed by atoms with E-state index in [2.05, 4.69) is 6.07 Å². The molecular formula is C28H38O6. The standard InChI is InChI=1S/C13H16O3.C13H14O3.2CH4/c2*1-2-16-13(14)7-11-9-15-8-10-5-3-4-6-12(10)11;;/h3-6,11H,2,7-9H2,1H3;3-7H,2,8-9H2,1H3;2*1H4/b;11-7+;;. The van der Waals surface area contributed by atoms with Crippen LogP contribution in [0.15, 0.2) is 54.6 Å². The lowest BCUT2D eigenvalue weighted by Gasteiger charge is -2.24. The molecule has 0 radical (unpaired) electrons. The second-order valence-corrected chi connectivity index (χ2v) is 7.49. The van der Waals surface area contributed by atoms with Gasteiger partial charge in [0.2, 0.25) is 0 Å². The van der Waals surface area contributed by atoms with Crippen LogP contribution in [0.25, 0.3) is 5.57 Å². The normalized spacial score (nSPS) is 16.9. The predicted octanol–water partition coefficient (Wildman–Crippen LogP) is 5.69. The van der Waals surface area contributed by atoms with Crippen molar-refractivity contribution in [1.82, 2.24) is 0 Å². The highest BCUT2D eigenvalue weighted by atomic mass is 16.5. The van der Waals surface area contributed by atoms with Crippen molar-refractivity contribution in [3.05, 3.63) is 76.9 Å². The molecule has 4 rings (SSSR count). The van der Waals surface area contributed by atoms with Crippen LogP contribution in [0.5, 0.6) is 0 Å². The van der Waals surface area contributed by atoms with Gasteiger partial charge in [0.15, 0.2) is 0 Å². The lowest BCUT2D eigenvalue weighted by Crippen LogP contribution is -2.20. The highest BCUT2D eigenvalue weighted by Gasteiger charge is 2.23. The molecule has 2 aromatic rings. The second kappa shape index (κ2) is 15.0. The van der Waals surface area contributed by atoms with E-state index in [1.807, 2.05) is 49.4 Å². The van der Waals surface area contributed by atoms with Gasteiger partial charge in [-0.05, 0) is 41.7 Å². The van der Waals surface area contributed by atoms with Gasteiger partial charge in [-0.1, -0.05) is 63.4 Å². The molecule has 0 fully saturated rings. The first-order valence-electron chi connectivity index (χ1n) is 11.0. The first-order chi connectivity index (χ1) is 15.6. The molecule has 1 unspecified atom stereocenters. The largest absolute Gasteiger partial charge is 0.466 e. The molecule has 0 bridgehead atoms. The lowest BCUT2D eigenvalue weighted by molar-refractivity contribution is -0.144. The van der Waals surface area contributed by atoms with Crippen LogP contribution in [0.3, 0.4) is 0 Å². The number of hydrogen-bond acceptors (Lipinski definition) is 6. The van der Waals surface area contributed by atoms with Crippen molar-refractivity contribution in [2.75, 3.05) is 26.4 Å². The molecule has 0 saturated heterocycles. The van der Waals surface area contributed by atoms with E-state index in [1.54, 1.807) is 6.92 Å². The van der Waals surface area contributed by atoms with Gasteiger partial charge in [0, 0.05) is 12.0 Å². The Labute approximate surface area is 203 Å². The fourth-order valence-electron chi connectivity index (χ4n) is 3.81. The van der Waals surface area contributed by atoms with Crippen molar-refractivity contribution >= 4 is 17.5 Å². The maximum absolute atomic E-state index is 11.4. The highest BCUT2D eigenvalue weighted by Crippen LogP contribution is 2.29. The summed E-state index contributed by atoms with van der Waals surface area (Å²) in [4.78, 5) is 22.8. The Hall–Kier alpha value is -2.96. The molecule has 2 aromatic carbocycles. The SMILES string of the molecule is C.C.CCOC(=O)/C=C1\COCc2ccccc21.CCOC(=O)CC1COCc2ccccc21. The van der Waals surface area contributed by atoms with Crippen LogP contribution in [-0.4, -0.2) is 38.4 Å². The molecule has 34 heavy (non-hydrogen) atoms. The van der Waals surface area contributed by atoms with E-state index in [-0.39, 0.29) is 32.7 Å². The zero-order valence-electron chi connectivity index (χ0n) is 18.7. The van der Waals surface area contributed by atoms with E-state index < -0.39 is 0 Å². The topological polar surface area (TPSA) is 71.1 Å². The molecule has 2 heterocycles. The molecule has 186 valence electrons. The molecule has 0 aliphatic carbocycles. The number of carbonyl (C=O) groups is 2. The third-order valence-electron chi connectivity index (χ3n) is 5.25. The summed E-state index contributed by atoms with van der Waals surface area (Å²) in [5.74, 6) is -0.311. The number of carbonyl (C=O) groups excluding carboxylic acids is 2. The minimum absolute atomic E-state index is 0. The Morgan fingerprint density at radius 3 is 2.26 bits per heavy atom. The van der Waals surface area contributed by atoms with Gasteiger partial charge < -0.3 is 18.9 Å². The maximum atomic E-state index is 11.4. The monoisotopic (exact) mass is 470 g/mol. The molecule has 0 N–H and O–H groups in total. The lowest BCUT2D eigenvalue weighted by atomic mass is 9.91. The average molecular weight is 471 g/mol. The van der Waals surface area contributed by atoms with Crippen LogP contribution in [0, 0.1) is 0 Å². The van der Waals surface area contributed by atoms with Crippen molar-refractivity contribution in [2.45, 2.75) is 54.3 Å². The average Bonchev–Trinajstić information content (AvgIpc) is 2.80. The van der Waals surface area contributed by atoms with E-state index >= 15 is 0 Å². The Morgan fingerprint density at radius 1 is 0.882 bits per heavy atom. The molecule has 0 spiro atoms. The number of rotatable bonds is 5. The zero-order valence-corrected chi connectivity index (χ0v) is 18.7. The number of hydrogen-bond donors (Lipinski definition) is 0. The molecule has 6 nitrogen and oxygen atoms in total. The highest BCUT2D eigenvalue weighted by molar-refractivity contribution is 5.92. The predicted molar refractivity (Wildman–Crippen MR) is 134 cm³/mol. The van der Waals surface area contributed by atoms with Gasteiger partial charge in [-0.2, -0.15) is 0 Å². The van der Waals surface area contributed by atoms with E-state index in [9.17, 15) is 9.59 Å². The molecule has 0 amide bonds. The summed E-state index contributed by atoms with van der Waals surface area (Å²) in [5.41, 5.74) is 5.50. The second-order valence-electron chi connectivity index (χ2n) is 7.49. The van der Waals surface area contributed by atoms with Crippen molar-refractivity contribution in [1.29, 1.82) is 0 Å². The van der Waals surface area contributed by atoms with E-state index in [0.29, 0.717) is 46.1 Å². The smallest absolute Gasteiger partial charge is 0.331 e. The summed E-state index contributed by atoms with van der Waals surface area (Å²) < 4.78 is 20.7. The maximum Gasteiger partial charge on any atom is 0.331 e. The van der Waals surface area contributed by atoms with Crippen molar-refractivity contribution in [3.63, 3.8) is 0 Å². The van der Waals surface area contributed by atoms with E-state index in [0.717, 1.165) is 16.7 Å². The molecule has 2 aliphatic heterocycles. The van der Waals surface area contributed by atoms with Gasteiger partial charge in [-0.3, -0.25) is 4.79 Å². The van der Waals surface area contributed by atoms with Crippen molar-refractivity contribution in [2.24, 2.45) is 0 Å². The molecule has 1 atom stereocenters. The summed E-state index contributed by atoms with van der Waals surface area (Å²) in [5, 5.41) is 0. The first-order valence-corrected chi connectivity index (χ1v) is 11.0.